The first-order chi connectivity index (χ1) is 16.9. The zero-order valence-electron chi connectivity index (χ0n) is 19.9. The van der Waals surface area contributed by atoms with E-state index in [1.54, 1.807) is 24.3 Å². The lowest BCUT2D eigenvalue weighted by atomic mass is 10.0. The average Bonchev–Trinajstić information content (AvgIpc) is 2.85. The lowest BCUT2D eigenvalue weighted by molar-refractivity contribution is 0.153. The summed E-state index contributed by atoms with van der Waals surface area (Å²) < 4.78 is 26.6. The average molecular weight is 510 g/mol. The van der Waals surface area contributed by atoms with Gasteiger partial charge in [0.2, 0.25) is 0 Å². The number of anilines is 2. The minimum absolute atomic E-state index is 0. The van der Waals surface area contributed by atoms with Gasteiger partial charge in [0.25, 0.3) is 0 Å². The highest BCUT2D eigenvalue weighted by atomic mass is 35.5. The Morgan fingerprint density at radius 1 is 0.833 bits per heavy atom. The predicted octanol–water partition coefficient (Wildman–Crippen LogP) is 6.13. The standard InChI is InChI=1S/C27H25F2N5O.ClH/c1-17-15-33(16-18(2)34(17)27(35)30-22-13-11-21(29)12-14-22)26-24-6-4-3-5-23(24)25(31-32-26)19-7-9-20(28)10-8-19;/h3-14,17-18H,15-16H2,1-2H3,(H,30,35);1H. The largest absolute Gasteiger partial charge is 0.351 e. The van der Waals surface area contributed by atoms with Crippen molar-refractivity contribution in [3.05, 3.63) is 84.4 Å². The van der Waals surface area contributed by atoms with E-state index in [-0.39, 0.29) is 42.2 Å². The van der Waals surface area contributed by atoms with E-state index in [1.807, 2.05) is 43.0 Å². The van der Waals surface area contributed by atoms with Crippen molar-refractivity contribution in [3.8, 4) is 11.3 Å². The predicted molar refractivity (Wildman–Crippen MR) is 141 cm³/mol. The molecule has 3 aromatic carbocycles. The fraction of sp³-hybridized carbons (Fsp3) is 0.222. The quantitative estimate of drug-likeness (QED) is 0.361. The van der Waals surface area contributed by atoms with Crippen LogP contribution in [0, 0.1) is 11.6 Å². The zero-order chi connectivity index (χ0) is 24.5. The molecule has 6 nitrogen and oxygen atoms in total. The molecule has 0 spiro atoms. The van der Waals surface area contributed by atoms with Gasteiger partial charge in [0.05, 0.1) is 0 Å². The number of benzene rings is 3. The van der Waals surface area contributed by atoms with Gasteiger partial charge in [-0.2, -0.15) is 0 Å². The number of rotatable bonds is 3. The molecule has 1 aliphatic rings. The first-order valence-electron chi connectivity index (χ1n) is 11.5. The highest BCUT2D eigenvalue weighted by molar-refractivity contribution is 6.00. The monoisotopic (exact) mass is 509 g/mol. The Labute approximate surface area is 214 Å². The van der Waals surface area contributed by atoms with Gasteiger partial charge in [-0.25, -0.2) is 13.6 Å². The number of urea groups is 1. The molecule has 1 N–H and O–H groups in total. The van der Waals surface area contributed by atoms with Crippen LogP contribution in [0.5, 0.6) is 0 Å². The normalized spacial score (nSPS) is 17.6. The van der Waals surface area contributed by atoms with E-state index in [2.05, 4.69) is 20.4 Å². The first-order valence-corrected chi connectivity index (χ1v) is 11.5. The second kappa shape index (κ2) is 10.5. The minimum atomic E-state index is -0.350. The number of fused-ring (bicyclic) bond motifs is 1. The second-order valence-corrected chi connectivity index (χ2v) is 8.87. The molecule has 0 aliphatic carbocycles. The number of nitrogens with zero attached hydrogens (tertiary/aromatic N) is 4. The Morgan fingerprint density at radius 2 is 1.39 bits per heavy atom. The van der Waals surface area contributed by atoms with E-state index in [0.29, 0.717) is 24.5 Å². The topological polar surface area (TPSA) is 61.4 Å². The van der Waals surface area contributed by atoms with E-state index in [9.17, 15) is 13.6 Å². The molecule has 36 heavy (non-hydrogen) atoms. The summed E-state index contributed by atoms with van der Waals surface area (Å²) in [5.74, 6) is 0.104. The van der Waals surface area contributed by atoms with Crippen LogP contribution in [-0.2, 0) is 0 Å². The maximum Gasteiger partial charge on any atom is 0.322 e. The lowest BCUT2D eigenvalue weighted by Gasteiger charge is -2.44. The minimum Gasteiger partial charge on any atom is -0.351 e. The Morgan fingerprint density at radius 3 is 2.00 bits per heavy atom. The van der Waals surface area contributed by atoms with Crippen LogP contribution in [-0.4, -0.2) is 46.3 Å². The van der Waals surface area contributed by atoms with E-state index in [0.717, 1.165) is 22.2 Å². The van der Waals surface area contributed by atoms with Gasteiger partial charge in [0, 0.05) is 47.2 Å². The molecule has 4 aromatic rings. The summed E-state index contributed by atoms with van der Waals surface area (Å²) in [6, 6.07) is 19.4. The van der Waals surface area contributed by atoms with Gasteiger partial charge in [-0.1, -0.05) is 24.3 Å². The summed E-state index contributed by atoms with van der Waals surface area (Å²) in [6.45, 7) is 5.15. The molecule has 0 saturated carbocycles. The molecule has 2 unspecified atom stereocenters. The van der Waals surface area contributed by atoms with Gasteiger partial charge < -0.3 is 15.1 Å². The first kappa shape index (κ1) is 25.3. The van der Waals surface area contributed by atoms with Crippen molar-refractivity contribution in [2.75, 3.05) is 23.3 Å². The summed E-state index contributed by atoms with van der Waals surface area (Å²) >= 11 is 0. The molecule has 0 radical (unpaired) electrons. The number of carbonyl (C=O) groups is 1. The van der Waals surface area contributed by atoms with Crippen molar-refractivity contribution in [1.29, 1.82) is 0 Å². The van der Waals surface area contributed by atoms with Gasteiger partial charge in [-0.15, -0.1) is 22.6 Å². The zero-order valence-corrected chi connectivity index (χ0v) is 20.7. The fourth-order valence-corrected chi connectivity index (χ4v) is 4.76. The Bertz CT molecular complexity index is 1360. The molecule has 1 aliphatic heterocycles. The van der Waals surface area contributed by atoms with Crippen molar-refractivity contribution >= 4 is 40.7 Å². The van der Waals surface area contributed by atoms with Crippen molar-refractivity contribution in [3.63, 3.8) is 0 Å². The number of hydrogen-bond acceptors (Lipinski definition) is 4. The Balaban J connectivity index is 0.00000304. The highest BCUT2D eigenvalue weighted by Crippen LogP contribution is 2.33. The van der Waals surface area contributed by atoms with Crippen LogP contribution in [0.4, 0.5) is 25.1 Å². The van der Waals surface area contributed by atoms with Crippen molar-refractivity contribution in [1.82, 2.24) is 15.1 Å². The molecule has 9 heteroatoms. The van der Waals surface area contributed by atoms with E-state index in [4.69, 9.17) is 0 Å². The molecule has 2 heterocycles. The van der Waals surface area contributed by atoms with Gasteiger partial charge in [0.1, 0.15) is 17.3 Å². The second-order valence-electron chi connectivity index (χ2n) is 8.87. The maximum absolute atomic E-state index is 13.4. The number of carbonyl (C=O) groups excluding carboxylic acids is 1. The van der Waals surface area contributed by atoms with Gasteiger partial charge in [-0.3, -0.25) is 0 Å². The number of piperazine rings is 1. The number of halogens is 3. The van der Waals surface area contributed by atoms with Crippen molar-refractivity contribution < 1.29 is 13.6 Å². The highest BCUT2D eigenvalue weighted by Gasteiger charge is 2.34. The van der Waals surface area contributed by atoms with Crippen LogP contribution in [0.1, 0.15) is 13.8 Å². The van der Waals surface area contributed by atoms with Crippen molar-refractivity contribution in [2.24, 2.45) is 0 Å². The van der Waals surface area contributed by atoms with Crippen molar-refractivity contribution in [2.45, 2.75) is 25.9 Å². The molecule has 2 amide bonds. The van der Waals surface area contributed by atoms with E-state index >= 15 is 0 Å². The summed E-state index contributed by atoms with van der Waals surface area (Å²) in [5, 5.41) is 13.8. The molecule has 1 saturated heterocycles. The Kier molecular flexibility index (Phi) is 7.35. The number of amides is 2. The summed E-state index contributed by atoms with van der Waals surface area (Å²) in [7, 11) is 0. The Hall–Kier alpha value is -3.78. The summed E-state index contributed by atoms with van der Waals surface area (Å²) in [4.78, 5) is 17.0. The molecule has 5 rings (SSSR count). The number of aromatic nitrogens is 2. The van der Waals surface area contributed by atoms with Crippen LogP contribution < -0.4 is 10.2 Å². The third-order valence-electron chi connectivity index (χ3n) is 6.33. The molecule has 2 atom stereocenters. The number of nitrogens with one attached hydrogen (secondary N) is 1. The fourth-order valence-electron chi connectivity index (χ4n) is 4.76. The van der Waals surface area contributed by atoms with Gasteiger partial charge in [-0.05, 0) is 62.4 Å². The summed E-state index contributed by atoms with van der Waals surface area (Å²) in [6.07, 6.45) is 0. The van der Waals surface area contributed by atoms with Crippen LogP contribution >= 0.6 is 12.4 Å². The van der Waals surface area contributed by atoms with E-state index in [1.165, 1.54) is 24.3 Å². The van der Waals surface area contributed by atoms with E-state index < -0.39 is 0 Å². The lowest BCUT2D eigenvalue weighted by Crippen LogP contribution is -2.60. The third-order valence-corrected chi connectivity index (χ3v) is 6.33. The van der Waals surface area contributed by atoms with Crippen LogP contribution in [0.25, 0.3) is 22.0 Å². The smallest absolute Gasteiger partial charge is 0.322 e. The maximum atomic E-state index is 13.4. The molecule has 1 aromatic heterocycles. The van der Waals surface area contributed by atoms with Crippen LogP contribution in [0.15, 0.2) is 72.8 Å². The van der Waals surface area contributed by atoms with Crippen LogP contribution in [0.3, 0.4) is 0 Å². The number of hydrogen-bond donors (Lipinski definition) is 1. The van der Waals surface area contributed by atoms with Gasteiger partial charge >= 0.3 is 6.03 Å². The molecule has 186 valence electrons. The SMILES string of the molecule is CC1CN(c2nnc(-c3ccc(F)cc3)c3ccccc23)CC(C)N1C(=O)Nc1ccc(F)cc1.Cl. The van der Waals surface area contributed by atoms with Gasteiger partial charge in [0.15, 0.2) is 5.82 Å². The molecular formula is C27H26ClF2N5O. The molecular weight excluding hydrogens is 484 g/mol. The summed E-state index contributed by atoms with van der Waals surface area (Å²) in [5.41, 5.74) is 2.04. The van der Waals surface area contributed by atoms with Crippen LogP contribution in [0.2, 0.25) is 0 Å². The molecule has 1 fully saturated rings. The third kappa shape index (κ3) is 4.95. The molecule has 0 bridgehead atoms.